The molecule has 2 aliphatic heterocycles. The van der Waals surface area contributed by atoms with Crippen molar-refractivity contribution < 1.29 is 4.74 Å². The molecule has 106 valence electrons. The Hall–Kier alpha value is -0.160. The summed E-state index contributed by atoms with van der Waals surface area (Å²) in [5.74, 6) is 0. The Morgan fingerprint density at radius 3 is 2.56 bits per heavy atom. The number of nitrogens with zero attached hydrogens (tertiary/aromatic N) is 2. The van der Waals surface area contributed by atoms with E-state index in [2.05, 4.69) is 23.6 Å². The zero-order valence-corrected chi connectivity index (χ0v) is 12.0. The summed E-state index contributed by atoms with van der Waals surface area (Å²) in [5.41, 5.74) is 5.73. The van der Waals surface area contributed by atoms with Gasteiger partial charge in [-0.25, -0.2) is 0 Å². The van der Waals surface area contributed by atoms with E-state index in [-0.39, 0.29) is 5.60 Å². The maximum Gasteiger partial charge on any atom is 0.0710 e. The van der Waals surface area contributed by atoms with E-state index in [0.717, 1.165) is 26.2 Å². The minimum absolute atomic E-state index is 0.0993. The zero-order valence-electron chi connectivity index (χ0n) is 12.0. The summed E-state index contributed by atoms with van der Waals surface area (Å²) in [7, 11) is 0. The van der Waals surface area contributed by atoms with Gasteiger partial charge in [0.2, 0.25) is 0 Å². The predicted molar refractivity (Wildman–Crippen MR) is 74.7 cm³/mol. The Bertz CT molecular complexity index is 257. The first-order valence-electron chi connectivity index (χ1n) is 7.42. The molecule has 1 atom stereocenters. The first-order chi connectivity index (χ1) is 8.59. The van der Waals surface area contributed by atoms with Crippen LogP contribution in [-0.4, -0.2) is 67.3 Å². The second kappa shape index (κ2) is 6.33. The van der Waals surface area contributed by atoms with Gasteiger partial charge < -0.3 is 15.4 Å². The van der Waals surface area contributed by atoms with Crippen molar-refractivity contribution in [3.8, 4) is 0 Å². The molecule has 2 N–H and O–H groups in total. The largest absolute Gasteiger partial charge is 0.371 e. The van der Waals surface area contributed by atoms with Crippen LogP contribution in [0.3, 0.4) is 0 Å². The summed E-state index contributed by atoms with van der Waals surface area (Å²) in [6.45, 7) is 12.1. The van der Waals surface area contributed by atoms with E-state index in [1.54, 1.807) is 0 Å². The number of hydrogen-bond acceptors (Lipinski definition) is 4. The number of hydrogen-bond donors (Lipinski definition) is 1. The summed E-state index contributed by atoms with van der Waals surface area (Å²) in [6.07, 6.45) is 4.12. The van der Waals surface area contributed by atoms with Crippen molar-refractivity contribution >= 4 is 0 Å². The second-order valence-electron chi connectivity index (χ2n) is 6.32. The van der Waals surface area contributed by atoms with Crippen molar-refractivity contribution in [1.29, 1.82) is 0 Å². The first-order valence-corrected chi connectivity index (χ1v) is 7.42. The van der Waals surface area contributed by atoms with Gasteiger partial charge in [-0.15, -0.1) is 0 Å². The van der Waals surface area contributed by atoms with Crippen molar-refractivity contribution in [2.24, 2.45) is 5.73 Å². The fourth-order valence-corrected chi connectivity index (χ4v) is 3.11. The molecule has 0 spiro atoms. The third-order valence-electron chi connectivity index (χ3n) is 4.14. The molecule has 2 rings (SSSR count). The molecule has 0 aromatic rings. The molecule has 2 saturated heterocycles. The van der Waals surface area contributed by atoms with Crippen LogP contribution in [0.5, 0.6) is 0 Å². The maximum absolute atomic E-state index is 6.09. The van der Waals surface area contributed by atoms with E-state index in [1.807, 2.05) is 0 Å². The molecule has 0 aromatic carbocycles. The Balaban J connectivity index is 1.74. The van der Waals surface area contributed by atoms with Gasteiger partial charge >= 0.3 is 0 Å². The van der Waals surface area contributed by atoms with Gasteiger partial charge in [0.15, 0.2) is 0 Å². The number of rotatable bonds is 4. The lowest BCUT2D eigenvalue weighted by Crippen LogP contribution is -2.37. The quantitative estimate of drug-likeness (QED) is 0.811. The summed E-state index contributed by atoms with van der Waals surface area (Å²) >= 11 is 0. The molecule has 4 heteroatoms. The molecule has 0 amide bonds. The minimum atomic E-state index is 0.0993. The highest BCUT2D eigenvalue weighted by atomic mass is 16.5. The fraction of sp³-hybridized carbons (Fsp3) is 1.00. The molecule has 1 unspecified atom stereocenters. The van der Waals surface area contributed by atoms with Gasteiger partial charge in [0, 0.05) is 32.7 Å². The summed E-state index contributed by atoms with van der Waals surface area (Å²) < 4.78 is 6.09. The van der Waals surface area contributed by atoms with E-state index in [4.69, 9.17) is 10.5 Å². The lowest BCUT2D eigenvalue weighted by atomic mass is 10.1. The van der Waals surface area contributed by atoms with Crippen LogP contribution in [0.2, 0.25) is 0 Å². The van der Waals surface area contributed by atoms with Gasteiger partial charge in [-0.2, -0.15) is 0 Å². The van der Waals surface area contributed by atoms with Crippen LogP contribution in [0.25, 0.3) is 0 Å². The van der Waals surface area contributed by atoms with Gasteiger partial charge in [0.05, 0.1) is 11.7 Å². The van der Waals surface area contributed by atoms with E-state index < -0.39 is 0 Å². The maximum atomic E-state index is 6.09. The van der Waals surface area contributed by atoms with Crippen molar-refractivity contribution in [1.82, 2.24) is 9.80 Å². The molecule has 4 nitrogen and oxygen atoms in total. The molecular weight excluding hydrogens is 226 g/mol. The Morgan fingerprint density at radius 1 is 1.17 bits per heavy atom. The van der Waals surface area contributed by atoms with Crippen molar-refractivity contribution in [3.63, 3.8) is 0 Å². The molecule has 0 aliphatic carbocycles. The van der Waals surface area contributed by atoms with E-state index in [1.165, 1.54) is 38.9 Å². The molecule has 0 bridgehead atoms. The van der Waals surface area contributed by atoms with Gasteiger partial charge in [0.1, 0.15) is 0 Å². The highest BCUT2D eigenvalue weighted by Crippen LogP contribution is 2.29. The highest BCUT2D eigenvalue weighted by molar-refractivity contribution is 4.83. The minimum Gasteiger partial charge on any atom is -0.371 e. The lowest BCUT2D eigenvalue weighted by molar-refractivity contribution is -0.0281. The van der Waals surface area contributed by atoms with E-state index in [0.29, 0.717) is 6.10 Å². The van der Waals surface area contributed by atoms with Crippen LogP contribution in [0.15, 0.2) is 0 Å². The van der Waals surface area contributed by atoms with Gasteiger partial charge in [-0.3, -0.25) is 4.90 Å². The molecule has 0 saturated carbocycles. The van der Waals surface area contributed by atoms with Crippen LogP contribution >= 0.6 is 0 Å². The fourth-order valence-electron chi connectivity index (χ4n) is 3.11. The van der Waals surface area contributed by atoms with Crippen molar-refractivity contribution in [2.45, 2.75) is 44.8 Å². The van der Waals surface area contributed by atoms with Crippen molar-refractivity contribution in [3.05, 3.63) is 0 Å². The molecule has 2 fully saturated rings. The average Bonchev–Trinajstić information content (AvgIpc) is 2.51. The monoisotopic (exact) mass is 255 g/mol. The van der Waals surface area contributed by atoms with E-state index in [9.17, 15) is 0 Å². The zero-order chi connectivity index (χ0) is 13.0. The lowest BCUT2D eigenvalue weighted by Gasteiger charge is -2.26. The van der Waals surface area contributed by atoms with Crippen LogP contribution in [0.1, 0.15) is 33.1 Å². The van der Waals surface area contributed by atoms with Crippen molar-refractivity contribution in [2.75, 3.05) is 45.8 Å². The second-order valence-corrected chi connectivity index (χ2v) is 6.32. The number of ether oxygens (including phenoxy) is 1. The third-order valence-corrected chi connectivity index (χ3v) is 4.14. The van der Waals surface area contributed by atoms with Gasteiger partial charge in [0.25, 0.3) is 0 Å². The average molecular weight is 255 g/mol. The molecule has 2 heterocycles. The van der Waals surface area contributed by atoms with Crippen LogP contribution in [-0.2, 0) is 4.74 Å². The van der Waals surface area contributed by atoms with E-state index >= 15 is 0 Å². The molecular formula is C14H29N3O. The van der Waals surface area contributed by atoms with Crippen LogP contribution in [0.4, 0.5) is 0 Å². The van der Waals surface area contributed by atoms with Crippen LogP contribution in [0, 0.1) is 0 Å². The summed E-state index contributed by atoms with van der Waals surface area (Å²) in [6, 6.07) is 0. The molecule has 0 radical (unpaired) electrons. The predicted octanol–water partition coefficient (Wildman–Crippen LogP) is 0.910. The molecule has 0 aromatic heterocycles. The van der Waals surface area contributed by atoms with Crippen LogP contribution < -0.4 is 5.73 Å². The molecule has 18 heavy (non-hydrogen) atoms. The molecule has 2 aliphatic rings. The summed E-state index contributed by atoms with van der Waals surface area (Å²) in [4.78, 5) is 5.06. The Kier molecular flexibility index (Phi) is 5.01. The van der Waals surface area contributed by atoms with Gasteiger partial charge in [-0.1, -0.05) is 0 Å². The number of nitrogens with two attached hydrogens (primary N) is 1. The Morgan fingerprint density at radius 2 is 1.89 bits per heavy atom. The highest BCUT2D eigenvalue weighted by Gasteiger charge is 2.32. The first kappa shape index (κ1) is 14.3. The Labute approximate surface area is 111 Å². The normalized spacial score (nSPS) is 30.5. The summed E-state index contributed by atoms with van der Waals surface area (Å²) in [5, 5.41) is 0. The third kappa shape index (κ3) is 4.19. The standard InChI is InChI=1S/C14H29N3O/c1-14(2)5-4-13(18-14)12-17-8-3-7-16(9-6-15)10-11-17/h13H,3-12,15H2,1-2H3. The SMILES string of the molecule is CC1(C)CCC(CN2CCCN(CCN)CC2)O1. The smallest absolute Gasteiger partial charge is 0.0710 e. The topological polar surface area (TPSA) is 41.7 Å². The van der Waals surface area contributed by atoms with Gasteiger partial charge in [-0.05, 0) is 46.2 Å².